The Balaban J connectivity index is 2.01. The molecular formula is C13H14ClNO2S. The van der Waals surface area contributed by atoms with Gasteiger partial charge in [0.25, 0.3) is 0 Å². The second kappa shape index (κ2) is 5.26. The highest BCUT2D eigenvalue weighted by Crippen LogP contribution is 2.26. The van der Waals surface area contributed by atoms with Crippen molar-refractivity contribution >= 4 is 22.9 Å². The van der Waals surface area contributed by atoms with Gasteiger partial charge >= 0.3 is 0 Å². The van der Waals surface area contributed by atoms with Crippen LogP contribution < -0.4 is 4.74 Å². The van der Waals surface area contributed by atoms with Crippen LogP contribution in [0.15, 0.2) is 30.5 Å². The molecular weight excluding hydrogens is 270 g/mol. The van der Waals surface area contributed by atoms with Crippen molar-refractivity contribution < 1.29 is 9.84 Å². The molecule has 0 radical (unpaired) electrons. The van der Waals surface area contributed by atoms with E-state index in [0.717, 1.165) is 9.88 Å². The molecule has 18 heavy (non-hydrogen) atoms. The number of nitrogens with zero attached hydrogens (tertiary/aromatic N) is 1. The molecule has 1 aromatic heterocycles. The lowest BCUT2D eigenvalue weighted by molar-refractivity contribution is 0.0823. The van der Waals surface area contributed by atoms with Gasteiger partial charge in [-0.05, 0) is 32.0 Å². The van der Waals surface area contributed by atoms with Crippen molar-refractivity contribution in [1.29, 1.82) is 0 Å². The molecule has 0 atom stereocenters. The Hall–Kier alpha value is -1.10. The molecule has 0 aliphatic carbocycles. The van der Waals surface area contributed by atoms with Crippen LogP contribution in [-0.4, -0.2) is 10.1 Å². The van der Waals surface area contributed by atoms with E-state index in [1.807, 2.05) is 12.1 Å². The van der Waals surface area contributed by atoms with Crippen LogP contribution in [0, 0.1) is 0 Å². The Morgan fingerprint density at radius 3 is 2.83 bits per heavy atom. The van der Waals surface area contributed by atoms with Gasteiger partial charge in [0, 0.05) is 11.2 Å². The second-order valence-corrected chi connectivity index (χ2v) is 5.97. The highest BCUT2D eigenvalue weighted by Gasteiger charge is 2.19. The van der Waals surface area contributed by atoms with Crippen molar-refractivity contribution in [3.05, 3.63) is 45.4 Å². The summed E-state index contributed by atoms with van der Waals surface area (Å²) in [5.74, 6) is 0.711. The Kier molecular flexibility index (Phi) is 3.90. The number of halogens is 1. The van der Waals surface area contributed by atoms with E-state index < -0.39 is 5.60 Å². The summed E-state index contributed by atoms with van der Waals surface area (Å²) in [4.78, 5) is 5.05. The van der Waals surface area contributed by atoms with Crippen molar-refractivity contribution in [2.45, 2.75) is 26.1 Å². The van der Waals surface area contributed by atoms with E-state index in [9.17, 15) is 5.11 Å². The van der Waals surface area contributed by atoms with Crippen LogP contribution in [-0.2, 0) is 12.2 Å². The van der Waals surface area contributed by atoms with E-state index in [1.54, 1.807) is 32.2 Å². The first kappa shape index (κ1) is 13.3. The normalized spacial score (nSPS) is 11.6. The van der Waals surface area contributed by atoms with Crippen LogP contribution in [0.25, 0.3) is 0 Å². The van der Waals surface area contributed by atoms with Gasteiger partial charge in [0.1, 0.15) is 17.4 Å². The van der Waals surface area contributed by atoms with Gasteiger partial charge < -0.3 is 9.84 Å². The smallest absolute Gasteiger partial charge is 0.140 e. The molecule has 0 unspecified atom stereocenters. The van der Waals surface area contributed by atoms with Gasteiger partial charge in [-0.15, -0.1) is 11.3 Å². The van der Waals surface area contributed by atoms with Crippen LogP contribution in [0.4, 0.5) is 0 Å². The number of aliphatic hydroxyl groups is 1. The van der Waals surface area contributed by atoms with Crippen LogP contribution in [0.5, 0.6) is 5.75 Å². The summed E-state index contributed by atoms with van der Waals surface area (Å²) < 4.78 is 5.58. The molecule has 3 nitrogen and oxygen atoms in total. The number of aromatic nitrogens is 1. The van der Waals surface area contributed by atoms with Gasteiger partial charge in [0.2, 0.25) is 0 Å². The van der Waals surface area contributed by atoms with Gasteiger partial charge in [-0.2, -0.15) is 0 Å². The third-order valence-corrected chi connectivity index (χ3v) is 3.83. The number of hydrogen-bond acceptors (Lipinski definition) is 4. The fourth-order valence-electron chi connectivity index (χ4n) is 1.36. The molecule has 0 amide bonds. The standard InChI is InChI=1S/C13H14ClNO2S/c1-13(2,16)11-7-15-12(18-11)8-17-10-5-3-4-9(14)6-10/h3-7,16H,8H2,1-2H3. The van der Waals surface area contributed by atoms with E-state index in [0.29, 0.717) is 17.4 Å². The molecule has 1 aromatic carbocycles. The highest BCUT2D eigenvalue weighted by molar-refractivity contribution is 7.11. The van der Waals surface area contributed by atoms with Crippen LogP contribution in [0.3, 0.4) is 0 Å². The fourth-order valence-corrected chi connectivity index (χ4v) is 2.37. The molecule has 2 rings (SSSR count). The summed E-state index contributed by atoms with van der Waals surface area (Å²) >= 11 is 7.31. The van der Waals surface area contributed by atoms with E-state index in [4.69, 9.17) is 16.3 Å². The zero-order chi connectivity index (χ0) is 13.2. The number of ether oxygens (including phenoxy) is 1. The molecule has 96 valence electrons. The maximum Gasteiger partial charge on any atom is 0.140 e. The first-order valence-corrected chi connectivity index (χ1v) is 6.70. The Morgan fingerprint density at radius 1 is 1.44 bits per heavy atom. The summed E-state index contributed by atoms with van der Waals surface area (Å²) in [6.07, 6.45) is 1.68. The molecule has 0 saturated heterocycles. The summed E-state index contributed by atoms with van der Waals surface area (Å²) in [6, 6.07) is 7.23. The zero-order valence-electron chi connectivity index (χ0n) is 10.2. The molecule has 0 saturated carbocycles. The van der Waals surface area contributed by atoms with E-state index >= 15 is 0 Å². The van der Waals surface area contributed by atoms with E-state index in [2.05, 4.69) is 4.98 Å². The van der Waals surface area contributed by atoms with Gasteiger partial charge in [0.05, 0.1) is 10.5 Å². The largest absolute Gasteiger partial charge is 0.486 e. The second-order valence-electron chi connectivity index (χ2n) is 4.42. The summed E-state index contributed by atoms with van der Waals surface area (Å²) in [5.41, 5.74) is -0.855. The molecule has 0 bridgehead atoms. The predicted molar refractivity (Wildman–Crippen MR) is 73.1 cm³/mol. The van der Waals surface area contributed by atoms with Crippen molar-refractivity contribution in [2.24, 2.45) is 0 Å². The van der Waals surface area contributed by atoms with Crippen molar-refractivity contribution in [3.63, 3.8) is 0 Å². The SMILES string of the molecule is CC(C)(O)c1cnc(COc2cccc(Cl)c2)s1. The van der Waals surface area contributed by atoms with Crippen molar-refractivity contribution in [2.75, 3.05) is 0 Å². The van der Waals surface area contributed by atoms with Gasteiger partial charge in [-0.25, -0.2) is 4.98 Å². The topological polar surface area (TPSA) is 42.4 Å². The highest BCUT2D eigenvalue weighted by atomic mass is 35.5. The third-order valence-electron chi connectivity index (χ3n) is 2.31. The fraction of sp³-hybridized carbons (Fsp3) is 0.308. The molecule has 0 fully saturated rings. The lowest BCUT2D eigenvalue weighted by Crippen LogP contribution is -2.12. The molecule has 1 heterocycles. The number of thiazole rings is 1. The van der Waals surface area contributed by atoms with Crippen LogP contribution >= 0.6 is 22.9 Å². The third kappa shape index (κ3) is 3.45. The van der Waals surface area contributed by atoms with Gasteiger partial charge in [-0.3, -0.25) is 0 Å². The first-order chi connectivity index (χ1) is 8.45. The minimum absolute atomic E-state index is 0.376. The monoisotopic (exact) mass is 283 g/mol. The maximum absolute atomic E-state index is 9.84. The van der Waals surface area contributed by atoms with Gasteiger partial charge in [0.15, 0.2) is 0 Å². The Labute approximate surface area is 115 Å². The minimum atomic E-state index is -0.855. The number of benzene rings is 1. The lowest BCUT2D eigenvalue weighted by Gasteiger charge is -2.13. The predicted octanol–water partition coefficient (Wildman–Crippen LogP) is 3.60. The summed E-state index contributed by atoms with van der Waals surface area (Å²) in [5, 5.41) is 11.3. The van der Waals surface area contributed by atoms with E-state index in [-0.39, 0.29) is 0 Å². The molecule has 0 spiro atoms. The molecule has 5 heteroatoms. The van der Waals surface area contributed by atoms with Crippen molar-refractivity contribution in [3.8, 4) is 5.75 Å². The minimum Gasteiger partial charge on any atom is -0.486 e. The molecule has 0 aliphatic heterocycles. The zero-order valence-corrected chi connectivity index (χ0v) is 11.8. The van der Waals surface area contributed by atoms with Gasteiger partial charge in [-0.1, -0.05) is 17.7 Å². The number of rotatable bonds is 4. The average molecular weight is 284 g/mol. The van der Waals surface area contributed by atoms with E-state index in [1.165, 1.54) is 11.3 Å². The molecule has 0 aliphatic rings. The van der Waals surface area contributed by atoms with Crippen molar-refractivity contribution in [1.82, 2.24) is 4.98 Å². The van der Waals surface area contributed by atoms with Crippen LogP contribution in [0.1, 0.15) is 23.7 Å². The average Bonchev–Trinajstić information content (AvgIpc) is 2.74. The Morgan fingerprint density at radius 2 is 2.22 bits per heavy atom. The quantitative estimate of drug-likeness (QED) is 0.932. The molecule has 2 aromatic rings. The first-order valence-electron chi connectivity index (χ1n) is 5.51. The summed E-state index contributed by atoms with van der Waals surface area (Å²) in [7, 11) is 0. The summed E-state index contributed by atoms with van der Waals surface area (Å²) in [6.45, 7) is 3.85. The lowest BCUT2D eigenvalue weighted by atomic mass is 10.1. The van der Waals surface area contributed by atoms with Crippen LogP contribution in [0.2, 0.25) is 5.02 Å². The molecule has 1 N–H and O–H groups in total. The Bertz CT molecular complexity index is 534. The maximum atomic E-state index is 9.84. The number of hydrogen-bond donors (Lipinski definition) is 1.